The summed E-state index contributed by atoms with van der Waals surface area (Å²) < 4.78 is 13.4. The molecule has 1 heterocycles. The minimum atomic E-state index is -0.338. The Labute approximate surface area is 123 Å². The van der Waals surface area contributed by atoms with Gasteiger partial charge in [-0.2, -0.15) is 0 Å². The van der Waals surface area contributed by atoms with E-state index in [1.165, 1.54) is 12.1 Å². The van der Waals surface area contributed by atoms with Crippen LogP contribution in [0.25, 0.3) is 0 Å². The molecule has 0 unspecified atom stereocenters. The van der Waals surface area contributed by atoms with Gasteiger partial charge >= 0.3 is 0 Å². The highest BCUT2D eigenvalue weighted by Gasteiger charge is 2.22. The molecule has 1 aliphatic heterocycles. The summed E-state index contributed by atoms with van der Waals surface area (Å²) in [5.41, 5.74) is 9.11. The van der Waals surface area contributed by atoms with E-state index in [4.69, 9.17) is 5.73 Å². The third-order valence-electron chi connectivity index (χ3n) is 3.85. The molecule has 108 valence electrons. The van der Waals surface area contributed by atoms with Gasteiger partial charge in [-0.25, -0.2) is 4.39 Å². The predicted molar refractivity (Wildman–Crippen MR) is 81.4 cm³/mol. The molecule has 0 radical (unpaired) electrons. The van der Waals surface area contributed by atoms with E-state index in [9.17, 15) is 9.18 Å². The number of para-hydroxylation sites is 1. The number of amides is 1. The summed E-state index contributed by atoms with van der Waals surface area (Å²) >= 11 is 0. The van der Waals surface area contributed by atoms with Gasteiger partial charge in [-0.05, 0) is 48.2 Å². The maximum Gasteiger partial charge on any atom is 0.227 e. The van der Waals surface area contributed by atoms with Gasteiger partial charge in [-0.3, -0.25) is 4.79 Å². The van der Waals surface area contributed by atoms with Crippen LogP contribution in [0.1, 0.15) is 24.0 Å². The second-order valence-corrected chi connectivity index (χ2v) is 5.31. The Morgan fingerprint density at radius 2 is 1.95 bits per heavy atom. The van der Waals surface area contributed by atoms with Gasteiger partial charge in [0.1, 0.15) is 5.82 Å². The van der Waals surface area contributed by atoms with Crippen LogP contribution in [0, 0.1) is 5.82 Å². The number of hydrogen-bond acceptors (Lipinski definition) is 2. The van der Waals surface area contributed by atoms with Gasteiger partial charge in [0, 0.05) is 17.8 Å². The van der Waals surface area contributed by atoms with Crippen molar-refractivity contribution in [2.75, 3.05) is 10.6 Å². The third kappa shape index (κ3) is 2.75. The van der Waals surface area contributed by atoms with E-state index < -0.39 is 0 Å². The molecular weight excluding hydrogens is 267 g/mol. The van der Waals surface area contributed by atoms with Crippen LogP contribution in [-0.2, 0) is 17.8 Å². The molecule has 3 rings (SSSR count). The van der Waals surface area contributed by atoms with E-state index in [2.05, 4.69) is 0 Å². The molecule has 3 nitrogen and oxygen atoms in total. The molecule has 1 aliphatic rings. The normalized spacial score (nSPS) is 14.7. The predicted octanol–water partition coefficient (Wildman–Crippen LogP) is 3.28. The number of carbonyl (C=O) groups is 1. The van der Waals surface area contributed by atoms with Gasteiger partial charge in [-0.1, -0.05) is 18.2 Å². The summed E-state index contributed by atoms with van der Waals surface area (Å²) in [5.74, 6) is -0.279. The molecule has 21 heavy (non-hydrogen) atoms. The largest absolute Gasteiger partial charge is 0.398 e. The molecule has 0 aromatic heterocycles. The molecule has 0 bridgehead atoms. The Hall–Kier alpha value is -2.36. The van der Waals surface area contributed by atoms with Crippen molar-refractivity contribution >= 4 is 17.3 Å². The van der Waals surface area contributed by atoms with Crippen LogP contribution >= 0.6 is 0 Å². The molecule has 1 amide bonds. The van der Waals surface area contributed by atoms with Gasteiger partial charge in [0.05, 0.1) is 6.54 Å². The number of aryl methyl sites for hydroxylation is 1. The van der Waals surface area contributed by atoms with E-state index >= 15 is 0 Å². The minimum absolute atomic E-state index is 0.0589. The summed E-state index contributed by atoms with van der Waals surface area (Å²) in [6.07, 6.45) is 2.23. The molecule has 2 aromatic rings. The van der Waals surface area contributed by atoms with Gasteiger partial charge in [0.2, 0.25) is 5.91 Å². The molecule has 0 aliphatic carbocycles. The van der Waals surface area contributed by atoms with Crippen LogP contribution in [-0.4, -0.2) is 5.91 Å². The van der Waals surface area contributed by atoms with Crippen molar-refractivity contribution in [3.05, 3.63) is 59.4 Å². The minimum Gasteiger partial charge on any atom is -0.398 e. The Morgan fingerprint density at radius 1 is 1.14 bits per heavy atom. The number of nitrogens with two attached hydrogens (primary N) is 1. The molecule has 0 fully saturated rings. The lowest BCUT2D eigenvalue weighted by Gasteiger charge is -2.24. The first-order valence-corrected chi connectivity index (χ1v) is 7.07. The summed E-state index contributed by atoms with van der Waals surface area (Å²) in [6.45, 7) is 0.305. The number of anilines is 2. The Morgan fingerprint density at radius 3 is 2.81 bits per heavy atom. The van der Waals surface area contributed by atoms with E-state index in [1.54, 1.807) is 11.0 Å². The lowest BCUT2D eigenvalue weighted by molar-refractivity contribution is -0.118. The topological polar surface area (TPSA) is 46.3 Å². The molecule has 0 spiro atoms. The standard InChI is InChI=1S/C17H17FN2O/c18-14-8-9-15(19)13(10-14)11-20-16-6-2-1-4-12(16)5-3-7-17(20)21/h1-2,4,6,8-10H,3,5,7,11,19H2. The fourth-order valence-corrected chi connectivity index (χ4v) is 2.74. The maximum absolute atomic E-state index is 13.4. The maximum atomic E-state index is 13.4. The fraction of sp³-hybridized carbons (Fsp3) is 0.235. The van der Waals surface area contributed by atoms with Crippen molar-refractivity contribution in [2.45, 2.75) is 25.8 Å². The lowest BCUT2D eigenvalue weighted by Crippen LogP contribution is -2.30. The van der Waals surface area contributed by atoms with E-state index in [0.717, 1.165) is 24.1 Å². The van der Waals surface area contributed by atoms with Crippen molar-refractivity contribution < 1.29 is 9.18 Å². The third-order valence-corrected chi connectivity index (χ3v) is 3.85. The van der Waals surface area contributed by atoms with Crippen LogP contribution in [0.4, 0.5) is 15.8 Å². The second-order valence-electron chi connectivity index (χ2n) is 5.31. The molecule has 2 aromatic carbocycles. The van der Waals surface area contributed by atoms with Crippen LogP contribution in [0.15, 0.2) is 42.5 Å². The molecule has 0 saturated carbocycles. The summed E-state index contributed by atoms with van der Waals surface area (Å²) in [6, 6.07) is 12.1. The smallest absolute Gasteiger partial charge is 0.227 e. The number of hydrogen-bond donors (Lipinski definition) is 1. The van der Waals surface area contributed by atoms with Crippen molar-refractivity contribution in [1.29, 1.82) is 0 Å². The van der Waals surface area contributed by atoms with Gasteiger partial charge in [0.25, 0.3) is 0 Å². The second kappa shape index (κ2) is 5.56. The monoisotopic (exact) mass is 284 g/mol. The number of carbonyl (C=O) groups excluding carboxylic acids is 1. The number of nitrogen functional groups attached to an aromatic ring is 1. The number of halogens is 1. The Bertz CT molecular complexity index is 684. The number of benzene rings is 2. The van der Waals surface area contributed by atoms with E-state index in [-0.39, 0.29) is 11.7 Å². The van der Waals surface area contributed by atoms with E-state index in [0.29, 0.717) is 24.2 Å². The Kier molecular flexibility index (Phi) is 3.60. The lowest BCUT2D eigenvalue weighted by atomic mass is 10.1. The van der Waals surface area contributed by atoms with Gasteiger partial charge in [-0.15, -0.1) is 0 Å². The molecule has 2 N–H and O–H groups in total. The highest BCUT2D eigenvalue weighted by Crippen LogP contribution is 2.29. The SMILES string of the molecule is Nc1ccc(F)cc1CN1C(=O)CCCc2ccccc21. The molecule has 0 atom stereocenters. The first-order chi connectivity index (χ1) is 10.1. The van der Waals surface area contributed by atoms with Crippen molar-refractivity contribution in [1.82, 2.24) is 0 Å². The summed E-state index contributed by atoms with van der Waals surface area (Å²) in [4.78, 5) is 14.1. The van der Waals surface area contributed by atoms with Gasteiger partial charge in [0.15, 0.2) is 0 Å². The highest BCUT2D eigenvalue weighted by molar-refractivity contribution is 5.94. The van der Waals surface area contributed by atoms with Crippen LogP contribution in [0.2, 0.25) is 0 Å². The average Bonchev–Trinajstić information content (AvgIpc) is 2.63. The Balaban J connectivity index is 2.00. The number of rotatable bonds is 2. The van der Waals surface area contributed by atoms with Crippen molar-refractivity contribution in [2.24, 2.45) is 0 Å². The average molecular weight is 284 g/mol. The first kappa shape index (κ1) is 13.6. The molecular formula is C17H17FN2O. The van der Waals surface area contributed by atoms with Crippen LogP contribution in [0.3, 0.4) is 0 Å². The van der Waals surface area contributed by atoms with Crippen LogP contribution in [0.5, 0.6) is 0 Å². The quantitative estimate of drug-likeness (QED) is 0.860. The van der Waals surface area contributed by atoms with Crippen LogP contribution < -0.4 is 10.6 Å². The van der Waals surface area contributed by atoms with Gasteiger partial charge < -0.3 is 10.6 Å². The fourth-order valence-electron chi connectivity index (χ4n) is 2.74. The highest BCUT2D eigenvalue weighted by atomic mass is 19.1. The zero-order valence-corrected chi connectivity index (χ0v) is 11.7. The van der Waals surface area contributed by atoms with E-state index in [1.807, 2.05) is 24.3 Å². The number of nitrogens with zero attached hydrogens (tertiary/aromatic N) is 1. The molecule has 4 heteroatoms. The van der Waals surface area contributed by atoms with Crippen molar-refractivity contribution in [3.63, 3.8) is 0 Å². The summed E-state index contributed by atoms with van der Waals surface area (Å²) in [5, 5.41) is 0. The number of fused-ring (bicyclic) bond motifs is 1. The van der Waals surface area contributed by atoms with Crippen molar-refractivity contribution in [3.8, 4) is 0 Å². The zero-order valence-electron chi connectivity index (χ0n) is 11.7. The molecule has 0 saturated heterocycles. The first-order valence-electron chi connectivity index (χ1n) is 7.07. The zero-order chi connectivity index (χ0) is 14.8. The summed E-state index contributed by atoms with van der Waals surface area (Å²) in [7, 11) is 0.